The van der Waals surface area contributed by atoms with Crippen LogP contribution in [0.5, 0.6) is 0 Å². The molecule has 12 nitrogen and oxygen atoms in total. The maximum Gasteiger partial charge on any atom is 0.337 e. The minimum absolute atomic E-state index is 0.00520. The summed E-state index contributed by atoms with van der Waals surface area (Å²) in [6.45, 7) is -1.11. The molecule has 2 N–H and O–H groups in total. The zero-order valence-corrected chi connectivity index (χ0v) is 32.0. The number of benzene rings is 4. The molecule has 0 aliphatic carbocycles. The monoisotopic (exact) mass is 835 g/mol. The van der Waals surface area contributed by atoms with Crippen molar-refractivity contribution in [3.8, 4) is 0 Å². The number of carbonyl (C=O) groups is 2. The first-order chi connectivity index (χ1) is 27.6. The minimum atomic E-state index is -4.17. The molecule has 0 spiro atoms. The summed E-state index contributed by atoms with van der Waals surface area (Å²) in [7, 11) is -7.17. The Morgan fingerprint density at radius 2 is 1.07 bits per heavy atom. The van der Waals surface area contributed by atoms with Crippen molar-refractivity contribution in [2.75, 3.05) is 22.3 Å². The maximum atomic E-state index is 14.6. The Morgan fingerprint density at radius 1 is 0.621 bits per heavy atom. The molecule has 0 aliphatic rings. The molecule has 4 aromatic carbocycles. The average Bonchev–Trinajstić information content (AvgIpc) is 3.22. The summed E-state index contributed by atoms with van der Waals surface area (Å²) in [5.41, 5.74) is 5.40. The van der Waals surface area contributed by atoms with E-state index in [4.69, 9.17) is 5.73 Å². The Labute approximate surface area is 331 Å². The number of methoxy groups -OCH3 is 1. The van der Waals surface area contributed by atoms with E-state index in [1.54, 1.807) is 0 Å². The number of hydrogen-bond acceptors (Lipinski definition) is 10. The summed E-state index contributed by atoms with van der Waals surface area (Å²) >= 11 is 0. The Balaban J connectivity index is 0.000000221. The second kappa shape index (κ2) is 18.6. The molecule has 58 heavy (non-hydrogen) atoms. The molecule has 0 bridgehead atoms. The molecule has 6 rings (SSSR count). The van der Waals surface area contributed by atoms with Crippen LogP contribution in [-0.2, 0) is 37.9 Å². The number of nitrogens with zero attached hydrogens (tertiary/aromatic N) is 4. The molecule has 0 amide bonds. The number of sulfonamides is 2. The van der Waals surface area contributed by atoms with Gasteiger partial charge in [0.1, 0.15) is 33.1 Å². The molecule has 0 aliphatic heterocycles. The van der Waals surface area contributed by atoms with Crippen molar-refractivity contribution in [3.05, 3.63) is 180 Å². The number of Topliss-reactive ketones (excluding diaryl/α,β-unsaturated/α-hetero) is 1. The molecule has 0 radical (unpaired) electrons. The molecule has 0 saturated carbocycles. The predicted octanol–water partition coefficient (Wildman–Crippen LogP) is 6.44. The molecule has 2 heterocycles. The van der Waals surface area contributed by atoms with Crippen LogP contribution >= 0.6 is 0 Å². The number of aromatic nitrogens is 2. The quantitative estimate of drug-likeness (QED) is 0.0777. The van der Waals surface area contributed by atoms with E-state index in [2.05, 4.69) is 14.7 Å². The number of carbonyl (C=O) groups excluding carboxylic acids is 2. The lowest BCUT2D eigenvalue weighted by Gasteiger charge is -2.25. The van der Waals surface area contributed by atoms with Gasteiger partial charge in [0.25, 0.3) is 20.0 Å². The van der Waals surface area contributed by atoms with Crippen molar-refractivity contribution in [2.45, 2.75) is 22.9 Å². The fraction of sp³-hybridized carbons (Fsp3) is 0.100. The summed E-state index contributed by atoms with van der Waals surface area (Å²) in [6.07, 6.45) is 5.13. The van der Waals surface area contributed by atoms with Gasteiger partial charge >= 0.3 is 5.97 Å². The Hall–Kier alpha value is -6.50. The first kappa shape index (κ1) is 42.6. The van der Waals surface area contributed by atoms with Crippen LogP contribution in [0.25, 0.3) is 0 Å². The number of esters is 1. The number of halogens is 4. The van der Waals surface area contributed by atoms with Gasteiger partial charge in [-0.25, -0.2) is 39.2 Å². The molecule has 6 aromatic rings. The van der Waals surface area contributed by atoms with E-state index in [1.165, 1.54) is 104 Å². The van der Waals surface area contributed by atoms with Crippen molar-refractivity contribution in [1.29, 1.82) is 0 Å². The topological polar surface area (TPSA) is 170 Å². The highest BCUT2D eigenvalue weighted by molar-refractivity contribution is 7.93. The van der Waals surface area contributed by atoms with Crippen LogP contribution in [-0.4, -0.2) is 52.2 Å². The minimum Gasteiger partial charge on any atom is -0.465 e. The zero-order valence-electron chi connectivity index (χ0n) is 30.4. The van der Waals surface area contributed by atoms with Crippen LogP contribution in [0.3, 0.4) is 0 Å². The molecule has 0 unspecified atom stereocenters. The molecule has 18 heteroatoms. The van der Waals surface area contributed by atoms with E-state index in [1.807, 2.05) is 0 Å². The summed E-state index contributed by atoms with van der Waals surface area (Å²) in [5.74, 6) is -4.02. The first-order valence-corrected chi connectivity index (χ1v) is 19.8. The highest BCUT2D eigenvalue weighted by Gasteiger charge is 2.28. The number of nitrogens with two attached hydrogens (primary N) is 1. The van der Waals surface area contributed by atoms with Crippen LogP contribution in [0.1, 0.15) is 31.8 Å². The second-order valence-electron chi connectivity index (χ2n) is 12.1. The van der Waals surface area contributed by atoms with Crippen molar-refractivity contribution in [2.24, 2.45) is 5.73 Å². The SMILES string of the molecule is COC(=O)c1ccc(CN(c2cccc(F)c2)S(=O)(=O)c2cccnc2)c(F)c1.NCC(=O)c1ccc(CN(c2cccc(F)c2)S(=O)(=O)c2cccnc2)c(F)c1. The van der Waals surface area contributed by atoms with Gasteiger partial charge in [-0.3, -0.25) is 23.4 Å². The van der Waals surface area contributed by atoms with Gasteiger partial charge in [0.05, 0.1) is 43.7 Å². The molecular weight excluding hydrogens is 803 g/mol. The van der Waals surface area contributed by atoms with Crippen molar-refractivity contribution < 1.29 is 48.7 Å². The van der Waals surface area contributed by atoms with Crippen molar-refractivity contribution in [3.63, 3.8) is 0 Å². The highest BCUT2D eigenvalue weighted by Crippen LogP contribution is 2.29. The molecule has 0 saturated heterocycles. The summed E-state index contributed by atoms with van der Waals surface area (Å²) < 4.78 is 116. The molecule has 2 aromatic heterocycles. The van der Waals surface area contributed by atoms with Gasteiger partial charge < -0.3 is 10.5 Å². The van der Waals surface area contributed by atoms with Gasteiger partial charge in [-0.15, -0.1) is 0 Å². The van der Waals surface area contributed by atoms with Gasteiger partial charge in [-0.1, -0.05) is 30.3 Å². The van der Waals surface area contributed by atoms with Gasteiger partial charge in [0.15, 0.2) is 5.78 Å². The van der Waals surface area contributed by atoms with Crippen molar-refractivity contribution in [1.82, 2.24) is 9.97 Å². The predicted molar refractivity (Wildman–Crippen MR) is 206 cm³/mol. The van der Waals surface area contributed by atoms with E-state index in [9.17, 15) is 44.0 Å². The number of pyridine rings is 2. The summed E-state index contributed by atoms with van der Waals surface area (Å²) in [5, 5.41) is 0. The normalized spacial score (nSPS) is 11.2. The smallest absolute Gasteiger partial charge is 0.337 e. The lowest BCUT2D eigenvalue weighted by molar-refractivity contribution is 0.0600. The number of ketones is 1. The molecular formula is C40H33F4N5O7S2. The molecule has 0 atom stereocenters. The third kappa shape index (κ3) is 10.1. The number of ether oxygens (including phenoxy) is 1. The van der Waals surface area contributed by atoms with Gasteiger partial charge in [-0.2, -0.15) is 0 Å². The number of hydrogen-bond donors (Lipinski definition) is 1. The Kier molecular flexibility index (Phi) is 13.7. The zero-order chi connectivity index (χ0) is 42.0. The van der Waals surface area contributed by atoms with Gasteiger partial charge in [0.2, 0.25) is 0 Å². The van der Waals surface area contributed by atoms with Crippen LogP contribution in [0.15, 0.2) is 144 Å². The first-order valence-electron chi connectivity index (χ1n) is 16.9. The van der Waals surface area contributed by atoms with Gasteiger partial charge in [-0.05, 0) is 78.9 Å². The van der Waals surface area contributed by atoms with Crippen LogP contribution in [0, 0.1) is 23.3 Å². The Bertz CT molecular complexity index is 2460. The van der Waals surface area contributed by atoms with Gasteiger partial charge in [0, 0.05) is 41.5 Å². The largest absolute Gasteiger partial charge is 0.465 e. The number of anilines is 2. The third-order valence-electron chi connectivity index (χ3n) is 8.30. The van der Waals surface area contributed by atoms with Crippen LogP contribution in [0.2, 0.25) is 0 Å². The maximum absolute atomic E-state index is 14.6. The fourth-order valence-electron chi connectivity index (χ4n) is 5.34. The lowest BCUT2D eigenvalue weighted by Crippen LogP contribution is -2.31. The second-order valence-corrected chi connectivity index (χ2v) is 15.8. The summed E-state index contributed by atoms with van der Waals surface area (Å²) in [4.78, 5) is 30.6. The molecule has 0 fully saturated rings. The fourth-order valence-corrected chi connectivity index (χ4v) is 8.14. The van der Waals surface area contributed by atoms with E-state index >= 15 is 0 Å². The van der Waals surface area contributed by atoms with E-state index < -0.39 is 68.2 Å². The number of rotatable bonds is 13. The third-order valence-corrected chi connectivity index (χ3v) is 11.8. The van der Waals surface area contributed by atoms with E-state index in [-0.39, 0.29) is 50.0 Å². The molecule has 300 valence electrons. The van der Waals surface area contributed by atoms with E-state index in [0.717, 1.165) is 45.3 Å². The van der Waals surface area contributed by atoms with E-state index in [0.29, 0.717) is 0 Å². The summed E-state index contributed by atoms with van der Waals surface area (Å²) in [6, 6.07) is 22.8. The lowest BCUT2D eigenvalue weighted by atomic mass is 10.1. The Morgan fingerprint density at radius 3 is 1.45 bits per heavy atom. The highest BCUT2D eigenvalue weighted by atomic mass is 32.2. The van der Waals surface area contributed by atoms with Crippen molar-refractivity contribution >= 4 is 43.2 Å². The average molecular weight is 836 g/mol. The van der Waals surface area contributed by atoms with Crippen LogP contribution < -0.4 is 14.3 Å². The standard InChI is InChI=1S/C20H17F2N3O3S.C20H16F2N2O4S/c21-16-3-1-4-17(10-16)25(29(27,28)18-5-2-8-24-12-18)13-15-7-6-14(9-19(15)22)20(26)11-23;1-28-20(25)14-7-8-15(19(22)10-14)13-24(17-5-2-4-16(21)11-17)29(26,27)18-6-3-9-23-12-18/h1-10,12H,11,13,23H2;2-12H,13H2,1H3. The van der Waals surface area contributed by atoms with Crippen LogP contribution in [0.4, 0.5) is 28.9 Å².